The van der Waals surface area contributed by atoms with Crippen LogP contribution in [0, 0.1) is 0 Å². The number of methoxy groups -OCH3 is 1. The Morgan fingerprint density at radius 3 is 3.17 bits per heavy atom. The van der Waals surface area contributed by atoms with Crippen molar-refractivity contribution < 1.29 is 14.6 Å². The first-order chi connectivity index (χ1) is 5.84. The Morgan fingerprint density at radius 1 is 1.67 bits per heavy atom. The minimum absolute atomic E-state index is 0.0369. The van der Waals surface area contributed by atoms with Crippen molar-refractivity contribution in [2.75, 3.05) is 13.7 Å². The monoisotopic (exact) mass is 172 g/mol. The summed E-state index contributed by atoms with van der Waals surface area (Å²) in [7, 11) is 1.61. The fraction of sp³-hybridized carbons (Fsp3) is 0.778. The van der Waals surface area contributed by atoms with Gasteiger partial charge in [0.05, 0.1) is 25.6 Å². The van der Waals surface area contributed by atoms with Crippen LogP contribution >= 0.6 is 0 Å². The zero-order valence-corrected chi connectivity index (χ0v) is 7.40. The summed E-state index contributed by atoms with van der Waals surface area (Å²) in [6.07, 6.45) is 5.70. The highest BCUT2D eigenvalue weighted by Crippen LogP contribution is 2.16. The molecule has 0 bridgehead atoms. The molecule has 1 saturated heterocycles. The van der Waals surface area contributed by atoms with Gasteiger partial charge in [-0.2, -0.15) is 0 Å². The maximum Gasteiger partial charge on any atom is 0.0869 e. The normalized spacial score (nSPS) is 30.8. The SMILES string of the molecule is CO/C=C/CC1OCCC[C@H]1O. The summed E-state index contributed by atoms with van der Waals surface area (Å²) in [5.41, 5.74) is 0. The van der Waals surface area contributed by atoms with Crippen molar-refractivity contribution in [3.05, 3.63) is 12.3 Å². The van der Waals surface area contributed by atoms with Gasteiger partial charge in [0.2, 0.25) is 0 Å². The molecule has 2 atom stereocenters. The molecular weight excluding hydrogens is 156 g/mol. The minimum Gasteiger partial charge on any atom is -0.505 e. The topological polar surface area (TPSA) is 38.7 Å². The van der Waals surface area contributed by atoms with E-state index in [4.69, 9.17) is 9.47 Å². The van der Waals surface area contributed by atoms with E-state index < -0.39 is 0 Å². The van der Waals surface area contributed by atoms with E-state index in [2.05, 4.69) is 0 Å². The molecule has 0 spiro atoms. The third-order valence-electron chi connectivity index (χ3n) is 2.01. The van der Waals surface area contributed by atoms with E-state index in [0.717, 1.165) is 25.9 Å². The lowest BCUT2D eigenvalue weighted by Gasteiger charge is -2.26. The van der Waals surface area contributed by atoms with Crippen LogP contribution in [-0.4, -0.2) is 31.0 Å². The molecule has 12 heavy (non-hydrogen) atoms. The van der Waals surface area contributed by atoms with Gasteiger partial charge in [0.25, 0.3) is 0 Å². The number of hydrogen-bond donors (Lipinski definition) is 1. The molecule has 1 heterocycles. The van der Waals surface area contributed by atoms with Crippen molar-refractivity contribution in [2.45, 2.75) is 31.5 Å². The van der Waals surface area contributed by atoms with E-state index in [-0.39, 0.29) is 12.2 Å². The molecule has 1 unspecified atom stereocenters. The van der Waals surface area contributed by atoms with Crippen LogP contribution in [0.25, 0.3) is 0 Å². The molecule has 0 aromatic heterocycles. The molecule has 70 valence electrons. The Bertz CT molecular complexity index is 145. The van der Waals surface area contributed by atoms with Gasteiger partial charge in [0.1, 0.15) is 0 Å². The fourth-order valence-corrected chi connectivity index (χ4v) is 1.34. The van der Waals surface area contributed by atoms with Crippen LogP contribution in [0.3, 0.4) is 0 Å². The average Bonchev–Trinajstić information content (AvgIpc) is 2.09. The lowest BCUT2D eigenvalue weighted by atomic mass is 10.0. The quantitative estimate of drug-likeness (QED) is 0.647. The molecule has 1 aliphatic rings. The Balaban J connectivity index is 2.24. The van der Waals surface area contributed by atoms with Crippen LogP contribution in [0.1, 0.15) is 19.3 Å². The number of ether oxygens (including phenoxy) is 2. The molecule has 1 rings (SSSR count). The van der Waals surface area contributed by atoms with Gasteiger partial charge in [-0.25, -0.2) is 0 Å². The smallest absolute Gasteiger partial charge is 0.0869 e. The summed E-state index contributed by atoms with van der Waals surface area (Å²) >= 11 is 0. The first-order valence-corrected chi connectivity index (χ1v) is 4.32. The van der Waals surface area contributed by atoms with Gasteiger partial charge in [-0.05, 0) is 25.3 Å². The lowest BCUT2D eigenvalue weighted by molar-refractivity contribution is -0.0715. The summed E-state index contributed by atoms with van der Waals surface area (Å²) in [6.45, 7) is 0.766. The first-order valence-electron chi connectivity index (χ1n) is 4.32. The fourth-order valence-electron chi connectivity index (χ4n) is 1.34. The highest BCUT2D eigenvalue weighted by atomic mass is 16.5. The minimum atomic E-state index is -0.305. The Labute approximate surface area is 73.0 Å². The zero-order chi connectivity index (χ0) is 8.81. The summed E-state index contributed by atoms with van der Waals surface area (Å²) in [5, 5.41) is 9.47. The van der Waals surface area contributed by atoms with Crippen molar-refractivity contribution >= 4 is 0 Å². The van der Waals surface area contributed by atoms with Gasteiger partial charge in [-0.3, -0.25) is 0 Å². The predicted molar refractivity (Wildman–Crippen MR) is 45.7 cm³/mol. The largest absolute Gasteiger partial charge is 0.505 e. The molecule has 0 aromatic carbocycles. The van der Waals surface area contributed by atoms with Gasteiger partial charge < -0.3 is 14.6 Å². The Morgan fingerprint density at radius 2 is 2.50 bits per heavy atom. The van der Waals surface area contributed by atoms with Gasteiger partial charge >= 0.3 is 0 Å². The van der Waals surface area contributed by atoms with Gasteiger partial charge in [-0.15, -0.1) is 0 Å². The second kappa shape index (κ2) is 5.17. The van der Waals surface area contributed by atoms with E-state index in [1.54, 1.807) is 13.4 Å². The van der Waals surface area contributed by atoms with E-state index in [0.29, 0.717) is 0 Å². The second-order valence-electron chi connectivity index (χ2n) is 2.96. The summed E-state index contributed by atoms with van der Waals surface area (Å²) in [4.78, 5) is 0. The van der Waals surface area contributed by atoms with Crippen LogP contribution in [0.2, 0.25) is 0 Å². The van der Waals surface area contributed by atoms with E-state index >= 15 is 0 Å². The second-order valence-corrected chi connectivity index (χ2v) is 2.96. The van der Waals surface area contributed by atoms with Gasteiger partial charge in [0.15, 0.2) is 0 Å². The molecular formula is C9H16O3. The van der Waals surface area contributed by atoms with Crippen molar-refractivity contribution in [2.24, 2.45) is 0 Å². The molecule has 0 radical (unpaired) electrons. The number of aliphatic hydroxyl groups excluding tert-OH is 1. The molecule has 1 aliphatic heterocycles. The molecule has 3 nitrogen and oxygen atoms in total. The molecule has 1 fully saturated rings. The Hall–Kier alpha value is -0.540. The predicted octanol–water partition coefficient (Wildman–Crippen LogP) is 1.08. The maximum atomic E-state index is 9.47. The van der Waals surface area contributed by atoms with Crippen LogP contribution in [-0.2, 0) is 9.47 Å². The molecule has 0 aliphatic carbocycles. The lowest BCUT2D eigenvalue weighted by Crippen LogP contribution is -2.33. The zero-order valence-electron chi connectivity index (χ0n) is 7.40. The van der Waals surface area contributed by atoms with Crippen molar-refractivity contribution in [3.8, 4) is 0 Å². The van der Waals surface area contributed by atoms with Gasteiger partial charge in [0, 0.05) is 6.61 Å². The van der Waals surface area contributed by atoms with Gasteiger partial charge in [-0.1, -0.05) is 0 Å². The molecule has 0 saturated carbocycles. The van der Waals surface area contributed by atoms with Crippen molar-refractivity contribution in [1.82, 2.24) is 0 Å². The summed E-state index contributed by atoms with van der Waals surface area (Å²) in [6, 6.07) is 0. The first kappa shape index (κ1) is 9.55. The number of rotatable bonds is 3. The van der Waals surface area contributed by atoms with Crippen LogP contribution < -0.4 is 0 Å². The molecule has 0 amide bonds. The van der Waals surface area contributed by atoms with E-state index in [1.165, 1.54) is 0 Å². The van der Waals surface area contributed by atoms with E-state index in [9.17, 15) is 5.11 Å². The molecule has 1 N–H and O–H groups in total. The number of hydrogen-bond acceptors (Lipinski definition) is 3. The molecule has 0 aromatic rings. The van der Waals surface area contributed by atoms with Crippen LogP contribution in [0.4, 0.5) is 0 Å². The third kappa shape index (κ3) is 2.83. The highest BCUT2D eigenvalue weighted by molar-refractivity contribution is 4.83. The Kier molecular flexibility index (Phi) is 4.11. The maximum absolute atomic E-state index is 9.47. The standard InChI is InChI=1S/C9H16O3/c1-11-6-3-5-9-8(10)4-2-7-12-9/h3,6,8-10H,2,4-5,7H2,1H3/b6-3+/t8-,9?/m1/s1. The van der Waals surface area contributed by atoms with Crippen molar-refractivity contribution in [1.29, 1.82) is 0 Å². The average molecular weight is 172 g/mol. The summed E-state index contributed by atoms with van der Waals surface area (Å²) < 4.78 is 10.1. The van der Waals surface area contributed by atoms with Crippen molar-refractivity contribution in [3.63, 3.8) is 0 Å². The van der Waals surface area contributed by atoms with E-state index in [1.807, 2.05) is 6.08 Å². The van der Waals surface area contributed by atoms with Crippen LogP contribution in [0.5, 0.6) is 0 Å². The third-order valence-corrected chi connectivity index (χ3v) is 2.01. The summed E-state index contributed by atoms with van der Waals surface area (Å²) in [5.74, 6) is 0. The number of aliphatic hydroxyl groups is 1. The van der Waals surface area contributed by atoms with Crippen LogP contribution in [0.15, 0.2) is 12.3 Å². The highest BCUT2D eigenvalue weighted by Gasteiger charge is 2.22. The molecule has 3 heteroatoms.